The van der Waals surface area contributed by atoms with Crippen molar-refractivity contribution < 1.29 is 9.18 Å². The van der Waals surface area contributed by atoms with E-state index >= 15 is 0 Å². The topological polar surface area (TPSA) is 36.4 Å². The molecule has 1 amide bonds. The molecule has 27 heavy (non-hydrogen) atoms. The Labute approximate surface area is 165 Å². The van der Waals surface area contributed by atoms with Crippen molar-refractivity contribution in [2.75, 3.05) is 31.1 Å². The number of hydrogen-bond donors (Lipinski definition) is 0. The van der Waals surface area contributed by atoms with Gasteiger partial charge in [0.2, 0.25) is 0 Å². The van der Waals surface area contributed by atoms with Crippen LogP contribution < -0.4 is 4.90 Å². The van der Waals surface area contributed by atoms with E-state index in [1.54, 1.807) is 23.5 Å². The van der Waals surface area contributed by atoms with E-state index in [1.807, 2.05) is 29.3 Å². The first kappa shape index (κ1) is 18.1. The summed E-state index contributed by atoms with van der Waals surface area (Å²) in [7, 11) is 0. The van der Waals surface area contributed by atoms with Crippen LogP contribution in [-0.4, -0.2) is 42.0 Å². The van der Waals surface area contributed by atoms with Crippen molar-refractivity contribution in [3.63, 3.8) is 0 Å². The molecule has 4 rings (SSSR count). The molecule has 0 unspecified atom stereocenters. The van der Waals surface area contributed by atoms with Crippen molar-refractivity contribution in [3.8, 4) is 9.88 Å². The Morgan fingerprint density at radius 3 is 2.67 bits per heavy atom. The zero-order chi connectivity index (χ0) is 18.8. The van der Waals surface area contributed by atoms with Gasteiger partial charge in [0.15, 0.2) is 0 Å². The van der Waals surface area contributed by atoms with Crippen LogP contribution in [0.15, 0.2) is 41.8 Å². The molecule has 2 aromatic heterocycles. The van der Waals surface area contributed by atoms with E-state index in [2.05, 4.69) is 9.88 Å². The Balaban J connectivity index is 1.48. The first-order chi connectivity index (χ1) is 13.1. The van der Waals surface area contributed by atoms with Crippen molar-refractivity contribution in [2.24, 2.45) is 0 Å². The van der Waals surface area contributed by atoms with Crippen molar-refractivity contribution in [1.29, 1.82) is 0 Å². The van der Waals surface area contributed by atoms with Crippen LogP contribution in [0.5, 0.6) is 0 Å². The van der Waals surface area contributed by atoms with Crippen LogP contribution in [0.25, 0.3) is 9.88 Å². The first-order valence-electron chi connectivity index (χ1n) is 8.93. The molecule has 0 spiro atoms. The van der Waals surface area contributed by atoms with Gasteiger partial charge >= 0.3 is 0 Å². The highest BCUT2D eigenvalue weighted by Gasteiger charge is 2.24. The van der Waals surface area contributed by atoms with Gasteiger partial charge in [0, 0.05) is 31.9 Å². The van der Waals surface area contributed by atoms with Gasteiger partial charge in [0.05, 0.1) is 10.6 Å². The maximum Gasteiger partial charge on any atom is 0.265 e. The lowest BCUT2D eigenvalue weighted by Crippen LogP contribution is -2.35. The maximum atomic E-state index is 13.2. The average molecular weight is 402 g/mol. The summed E-state index contributed by atoms with van der Waals surface area (Å²) in [6.45, 7) is 4.89. The van der Waals surface area contributed by atoms with E-state index in [1.165, 1.54) is 23.5 Å². The van der Waals surface area contributed by atoms with Gasteiger partial charge in [-0.2, -0.15) is 0 Å². The molecule has 4 nitrogen and oxygen atoms in total. The summed E-state index contributed by atoms with van der Waals surface area (Å²) in [6.07, 6.45) is 0.888. The zero-order valence-electron chi connectivity index (χ0n) is 15.0. The van der Waals surface area contributed by atoms with E-state index in [9.17, 15) is 9.18 Å². The van der Waals surface area contributed by atoms with Gasteiger partial charge < -0.3 is 9.80 Å². The summed E-state index contributed by atoms with van der Waals surface area (Å²) < 4.78 is 13.2. The predicted molar refractivity (Wildman–Crippen MR) is 109 cm³/mol. The molecular formula is C20H20FN3OS2. The van der Waals surface area contributed by atoms with Crippen molar-refractivity contribution >= 4 is 34.3 Å². The smallest absolute Gasteiger partial charge is 0.265 e. The third kappa shape index (κ3) is 3.89. The quantitative estimate of drug-likeness (QED) is 0.640. The summed E-state index contributed by atoms with van der Waals surface area (Å²) in [5, 5.41) is 2.93. The van der Waals surface area contributed by atoms with E-state index in [0.717, 1.165) is 52.2 Å². The lowest BCUT2D eigenvalue weighted by atomic mass is 10.2. The van der Waals surface area contributed by atoms with Gasteiger partial charge in [0.25, 0.3) is 5.91 Å². The number of rotatable bonds is 3. The molecule has 1 fully saturated rings. The fraction of sp³-hybridized carbons (Fsp3) is 0.300. The molecule has 7 heteroatoms. The Bertz CT molecular complexity index is 921. The summed E-state index contributed by atoms with van der Waals surface area (Å²) in [5.74, 6) is -0.165. The van der Waals surface area contributed by atoms with Crippen molar-refractivity contribution in [2.45, 2.75) is 13.3 Å². The number of carbonyl (C=O) groups excluding carboxylic acids is 1. The molecule has 1 aliphatic rings. The summed E-state index contributed by atoms with van der Waals surface area (Å²) in [6, 6.07) is 10.6. The number of halogens is 1. The second kappa shape index (κ2) is 7.78. The number of aryl methyl sites for hydroxylation is 1. The molecule has 0 atom stereocenters. The highest BCUT2D eigenvalue weighted by atomic mass is 32.1. The largest absolute Gasteiger partial charge is 0.370 e. The molecule has 0 bridgehead atoms. The predicted octanol–water partition coefficient (Wildman–Crippen LogP) is 4.67. The third-order valence-electron chi connectivity index (χ3n) is 4.70. The molecule has 1 aliphatic heterocycles. The molecule has 0 aliphatic carbocycles. The standard InChI is InChI=1S/C20H20FN3OS2/c1-14-18(27-19(22-14)17-4-2-13-26-17)20(25)24-10-3-9-23(11-12-24)16-7-5-15(21)6-8-16/h2,4-8,13H,3,9-12H2,1H3. The Morgan fingerprint density at radius 1 is 1.11 bits per heavy atom. The minimum Gasteiger partial charge on any atom is -0.370 e. The number of hydrogen-bond acceptors (Lipinski definition) is 5. The number of nitrogens with zero attached hydrogens (tertiary/aromatic N) is 3. The highest BCUT2D eigenvalue weighted by molar-refractivity contribution is 7.22. The SMILES string of the molecule is Cc1nc(-c2cccs2)sc1C(=O)N1CCCN(c2ccc(F)cc2)CC1. The summed E-state index contributed by atoms with van der Waals surface area (Å²) in [4.78, 5) is 23.6. The first-order valence-corrected chi connectivity index (χ1v) is 10.6. The minimum atomic E-state index is -0.229. The molecular weight excluding hydrogens is 381 g/mol. The molecule has 1 saturated heterocycles. The van der Waals surface area contributed by atoms with Crippen molar-refractivity contribution in [1.82, 2.24) is 9.88 Å². The van der Waals surface area contributed by atoms with E-state index in [0.29, 0.717) is 6.54 Å². The second-order valence-corrected chi connectivity index (χ2v) is 8.47. The van der Waals surface area contributed by atoms with Gasteiger partial charge in [-0.05, 0) is 49.1 Å². The molecule has 0 saturated carbocycles. The van der Waals surface area contributed by atoms with Gasteiger partial charge in [-0.15, -0.1) is 22.7 Å². The van der Waals surface area contributed by atoms with Crippen LogP contribution in [0.1, 0.15) is 21.8 Å². The number of carbonyl (C=O) groups is 1. The zero-order valence-corrected chi connectivity index (χ0v) is 16.7. The molecule has 140 valence electrons. The summed E-state index contributed by atoms with van der Waals surface area (Å²) in [5.41, 5.74) is 1.80. The molecule has 3 heterocycles. The van der Waals surface area contributed by atoms with Crippen LogP contribution in [0, 0.1) is 12.7 Å². The van der Waals surface area contributed by atoms with Gasteiger partial charge in [-0.3, -0.25) is 4.79 Å². The van der Waals surface area contributed by atoms with Crippen molar-refractivity contribution in [3.05, 3.63) is 58.2 Å². The number of aromatic nitrogens is 1. The normalized spacial score (nSPS) is 15.0. The van der Waals surface area contributed by atoms with Gasteiger partial charge in [0.1, 0.15) is 15.7 Å². The number of anilines is 1. The number of thiophene rings is 1. The lowest BCUT2D eigenvalue weighted by Gasteiger charge is -2.23. The Hall–Kier alpha value is -2.25. The Morgan fingerprint density at radius 2 is 1.93 bits per heavy atom. The third-order valence-corrected chi connectivity index (χ3v) is 6.88. The fourth-order valence-corrected chi connectivity index (χ4v) is 5.11. The monoisotopic (exact) mass is 401 g/mol. The van der Waals surface area contributed by atoms with E-state index in [4.69, 9.17) is 0 Å². The minimum absolute atomic E-state index is 0.0637. The van der Waals surface area contributed by atoms with E-state index in [-0.39, 0.29) is 11.7 Å². The highest BCUT2D eigenvalue weighted by Crippen LogP contribution is 2.32. The van der Waals surface area contributed by atoms with Crippen LogP contribution in [0.3, 0.4) is 0 Å². The van der Waals surface area contributed by atoms with Gasteiger partial charge in [-0.1, -0.05) is 6.07 Å². The van der Waals surface area contributed by atoms with Gasteiger partial charge in [-0.25, -0.2) is 9.37 Å². The molecule has 1 aromatic carbocycles. The van der Waals surface area contributed by atoms with Crippen LogP contribution in [-0.2, 0) is 0 Å². The lowest BCUT2D eigenvalue weighted by molar-refractivity contribution is 0.0771. The second-order valence-electron chi connectivity index (χ2n) is 6.52. The van der Waals surface area contributed by atoms with Crippen LogP contribution in [0.4, 0.5) is 10.1 Å². The van der Waals surface area contributed by atoms with E-state index < -0.39 is 0 Å². The summed E-state index contributed by atoms with van der Waals surface area (Å²) >= 11 is 3.11. The van der Waals surface area contributed by atoms with Crippen LogP contribution >= 0.6 is 22.7 Å². The maximum absolute atomic E-state index is 13.2. The molecule has 0 N–H and O–H groups in total. The van der Waals surface area contributed by atoms with Crippen LogP contribution in [0.2, 0.25) is 0 Å². The fourth-order valence-electron chi connectivity index (χ4n) is 3.27. The number of amides is 1. The number of benzene rings is 1. The molecule has 3 aromatic rings. The number of thiazole rings is 1. The average Bonchev–Trinajstić information content (AvgIpc) is 3.26. The molecule has 0 radical (unpaired) electrons. The Kier molecular flexibility index (Phi) is 5.22.